The van der Waals surface area contributed by atoms with Gasteiger partial charge in [0.15, 0.2) is 0 Å². The SMILES string of the molecule is CCCCCCCC/C=C\CCCCCCCC(=O)O[C@H](COCCCCCCCCCCCCCCCCCCCC)COP(=O)(O)O. The summed E-state index contributed by atoms with van der Waals surface area (Å²) in [7, 11) is -4.65. The number of esters is 1. The van der Waals surface area contributed by atoms with E-state index in [4.69, 9.17) is 19.3 Å². The topological polar surface area (TPSA) is 102 Å². The van der Waals surface area contributed by atoms with Crippen LogP contribution >= 0.6 is 7.82 Å². The van der Waals surface area contributed by atoms with Gasteiger partial charge in [-0.05, 0) is 38.5 Å². The van der Waals surface area contributed by atoms with Gasteiger partial charge >= 0.3 is 13.8 Å². The third-order valence-corrected chi connectivity index (χ3v) is 9.80. The molecule has 7 nitrogen and oxygen atoms in total. The molecule has 0 aromatic rings. The average Bonchev–Trinajstić information content (AvgIpc) is 3.07. The molecule has 8 heteroatoms. The van der Waals surface area contributed by atoms with Crippen LogP contribution in [0.1, 0.15) is 219 Å². The standard InChI is InChI=1S/C41H81O7P/c1-3-5-7-9-11-13-15-17-19-20-21-23-25-27-29-31-33-35-37-46-38-40(39-47-49(43,44)45)48-41(42)36-34-32-30-28-26-24-22-18-16-14-12-10-8-6-4-2/h18,22,40H,3-17,19-21,23-39H2,1-2H3,(H2,43,44,45)/b22-18-/t40-/m1/s1. The Hall–Kier alpha value is -0.720. The molecule has 0 heterocycles. The van der Waals surface area contributed by atoms with E-state index in [1.165, 1.54) is 154 Å². The summed E-state index contributed by atoms with van der Waals surface area (Å²) in [5.74, 6) is -0.367. The first-order chi connectivity index (χ1) is 23.9. The minimum Gasteiger partial charge on any atom is -0.457 e. The molecule has 0 spiro atoms. The van der Waals surface area contributed by atoms with Crippen molar-refractivity contribution >= 4 is 13.8 Å². The number of hydrogen-bond acceptors (Lipinski definition) is 5. The molecule has 1 atom stereocenters. The molecule has 0 aromatic heterocycles. The fraction of sp³-hybridized carbons (Fsp3) is 0.927. The number of phosphoric ester groups is 1. The molecule has 0 aliphatic carbocycles. The van der Waals surface area contributed by atoms with Crippen LogP contribution in [0.5, 0.6) is 0 Å². The van der Waals surface area contributed by atoms with Crippen LogP contribution in [0.2, 0.25) is 0 Å². The Balaban J connectivity index is 3.76. The van der Waals surface area contributed by atoms with Crippen molar-refractivity contribution in [3.63, 3.8) is 0 Å². The zero-order valence-electron chi connectivity index (χ0n) is 32.4. The summed E-state index contributed by atoms with van der Waals surface area (Å²) in [6, 6.07) is 0. The number of ether oxygens (including phenoxy) is 2. The van der Waals surface area contributed by atoms with E-state index in [-0.39, 0.29) is 19.2 Å². The maximum atomic E-state index is 12.4. The lowest BCUT2D eigenvalue weighted by Gasteiger charge is -2.18. The van der Waals surface area contributed by atoms with Gasteiger partial charge in [0.2, 0.25) is 0 Å². The second-order valence-electron chi connectivity index (χ2n) is 14.3. The lowest BCUT2D eigenvalue weighted by molar-refractivity contribution is -0.154. The Bertz CT molecular complexity index is 754. The summed E-state index contributed by atoms with van der Waals surface area (Å²) in [4.78, 5) is 30.6. The van der Waals surface area contributed by atoms with Gasteiger partial charge in [0.1, 0.15) is 6.10 Å². The van der Waals surface area contributed by atoms with E-state index in [1.54, 1.807) is 0 Å². The van der Waals surface area contributed by atoms with Gasteiger partial charge in [0.05, 0.1) is 13.2 Å². The Morgan fingerprint density at radius 2 is 0.898 bits per heavy atom. The highest BCUT2D eigenvalue weighted by molar-refractivity contribution is 7.46. The quantitative estimate of drug-likeness (QED) is 0.0282. The van der Waals surface area contributed by atoms with Crippen molar-refractivity contribution in [1.29, 1.82) is 0 Å². The lowest BCUT2D eigenvalue weighted by Crippen LogP contribution is -2.28. The average molecular weight is 717 g/mol. The summed E-state index contributed by atoms with van der Waals surface area (Å²) in [6.45, 7) is 4.78. The first-order valence-electron chi connectivity index (χ1n) is 21.0. The zero-order valence-corrected chi connectivity index (χ0v) is 33.3. The number of unbranched alkanes of at least 4 members (excludes halogenated alkanes) is 28. The minimum atomic E-state index is -4.65. The van der Waals surface area contributed by atoms with Gasteiger partial charge < -0.3 is 19.3 Å². The van der Waals surface area contributed by atoms with Crippen molar-refractivity contribution in [2.24, 2.45) is 0 Å². The van der Waals surface area contributed by atoms with E-state index in [9.17, 15) is 9.36 Å². The van der Waals surface area contributed by atoms with Gasteiger partial charge in [-0.2, -0.15) is 0 Å². The molecule has 49 heavy (non-hydrogen) atoms. The van der Waals surface area contributed by atoms with Crippen molar-refractivity contribution in [2.45, 2.75) is 225 Å². The van der Waals surface area contributed by atoms with Crippen molar-refractivity contribution in [2.75, 3.05) is 19.8 Å². The molecule has 2 N–H and O–H groups in total. The maximum Gasteiger partial charge on any atom is 0.469 e. The molecule has 0 amide bonds. The first-order valence-corrected chi connectivity index (χ1v) is 22.5. The summed E-state index contributed by atoms with van der Waals surface area (Å²) < 4.78 is 27.0. The summed E-state index contributed by atoms with van der Waals surface area (Å²) in [5.41, 5.74) is 0. The second-order valence-corrected chi connectivity index (χ2v) is 15.6. The molecule has 0 radical (unpaired) electrons. The first kappa shape index (κ1) is 48.3. The molecular weight excluding hydrogens is 635 g/mol. The molecule has 0 bridgehead atoms. The molecule has 0 saturated carbocycles. The number of carbonyl (C=O) groups is 1. The van der Waals surface area contributed by atoms with Gasteiger partial charge in [-0.1, -0.05) is 187 Å². The lowest BCUT2D eigenvalue weighted by atomic mass is 10.0. The molecule has 0 aliphatic rings. The fourth-order valence-electron chi connectivity index (χ4n) is 6.20. The predicted molar refractivity (Wildman–Crippen MR) is 207 cm³/mol. The summed E-state index contributed by atoms with van der Waals surface area (Å²) in [6.07, 6.45) is 43.5. The number of carbonyl (C=O) groups excluding carboxylic acids is 1. The van der Waals surface area contributed by atoms with Crippen molar-refractivity contribution < 1.29 is 33.1 Å². The van der Waals surface area contributed by atoms with Crippen LogP contribution in [-0.4, -0.2) is 41.7 Å². The van der Waals surface area contributed by atoms with E-state index in [0.29, 0.717) is 13.0 Å². The largest absolute Gasteiger partial charge is 0.469 e. The molecular formula is C41H81O7P. The predicted octanol–water partition coefficient (Wildman–Crippen LogP) is 13.1. The monoisotopic (exact) mass is 717 g/mol. The Morgan fingerprint density at radius 1 is 0.531 bits per heavy atom. The van der Waals surface area contributed by atoms with Gasteiger partial charge in [-0.25, -0.2) is 4.57 Å². The fourth-order valence-corrected chi connectivity index (χ4v) is 6.56. The highest BCUT2D eigenvalue weighted by Crippen LogP contribution is 2.36. The highest BCUT2D eigenvalue weighted by atomic mass is 31.2. The third kappa shape index (κ3) is 41.6. The van der Waals surface area contributed by atoms with Crippen molar-refractivity contribution in [1.82, 2.24) is 0 Å². The van der Waals surface area contributed by atoms with Crippen LogP contribution in [0.3, 0.4) is 0 Å². The maximum absolute atomic E-state index is 12.4. The van der Waals surface area contributed by atoms with Crippen molar-refractivity contribution in [3.05, 3.63) is 12.2 Å². The van der Waals surface area contributed by atoms with Crippen LogP contribution in [0.25, 0.3) is 0 Å². The molecule has 0 rings (SSSR count). The van der Waals surface area contributed by atoms with E-state index >= 15 is 0 Å². The van der Waals surface area contributed by atoms with E-state index in [1.807, 2.05) is 0 Å². The van der Waals surface area contributed by atoms with Crippen LogP contribution in [0, 0.1) is 0 Å². The molecule has 0 saturated heterocycles. The molecule has 0 unspecified atom stereocenters. The van der Waals surface area contributed by atoms with Crippen LogP contribution in [-0.2, 0) is 23.4 Å². The second kappa shape index (κ2) is 38.5. The van der Waals surface area contributed by atoms with Gasteiger partial charge in [-0.3, -0.25) is 9.32 Å². The Labute approximate surface area is 303 Å². The minimum absolute atomic E-state index is 0.0804. The zero-order chi connectivity index (χ0) is 35.9. The molecule has 0 aromatic carbocycles. The Morgan fingerprint density at radius 3 is 1.31 bits per heavy atom. The Kier molecular flexibility index (Phi) is 37.9. The van der Waals surface area contributed by atoms with Crippen LogP contribution < -0.4 is 0 Å². The molecule has 0 aliphatic heterocycles. The van der Waals surface area contributed by atoms with Gasteiger partial charge in [0.25, 0.3) is 0 Å². The number of rotatable bonds is 40. The van der Waals surface area contributed by atoms with Gasteiger partial charge in [0, 0.05) is 13.0 Å². The van der Waals surface area contributed by atoms with Crippen LogP contribution in [0.15, 0.2) is 12.2 Å². The summed E-state index contributed by atoms with van der Waals surface area (Å²) >= 11 is 0. The molecule has 0 fully saturated rings. The van der Waals surface area contributed by atoms with E-state index in [2.05, 4.69) is 30.5 Å². The highest BCUT2D eigenvalue weighted by Gasteiger charge is 2.21. The molecule has 292 valence electrons. The number of phosphoric acid groups is 1. The van der Waals surface area contributed by atoms with Gasteiger partial charge in [-0.15, -0.1) is 0 Å². The summed E-state index contributed by atoms with van der Waals surface area (Å²) in [5, 5.41) is 0. The normalized spacial score (nSPS) is 12.7. The van der Waals surface area contributed by atoms with Crippen molar-refractivity contribution in [3.8, 4) is 0 Å². The number of allylic oxidation sites excluding steroid dienone is 2. The van der Waals surface area contributed by atoms with Crippen LogP contribution in [0.4, 0.5) is 0 Å². The van der Waals surface area contributed by atoms with E-state index < -0.39 is 13.9 Å². The number of hydrogen-bond donors (Lipinski definition) is 2. The van der Waals surface area contributed by atoms with E-state index in [0.717, 1.165) is 44.9 Å². The smallest absolute Gasteiger partial charge is 0.457 e. The third-order valence-electron chi connectivity index (χ3n) is 9.32.